The topological polar surface area (TPSA) is 103 Å². The zero-order chi connectivity index (χ0) is 20.7. The van der Waals surface area contributed by atoms with Gasteiger partial charge in [0.1, 0.15) is 5.82 Å². The van der Waals surface area contributed by atoms with Crippen molar-refractivity contribution in [1.29, 1.82) is 0 Å². The van der Waals surface area contributed by atoms with Gasteiger partial charge in [0, 0.05) is 19.5 Å². The van der Waals surface area contributed by atoms with Gasteiger partial charge < -0.3 is 9.30 Å². The summed E-state index contributed by atoms with van der Waals surface area (Å²) in [6, 6.07) is 5.63. The van der Waals surface area contributed by atoms with Gasteiger partial charge in [-0.3, -0.25) is 0 Å². The van der Waals surface area contributed by atoms with Gasteiger partial charge in [0.25, 0.3) is 0 Å². The Labute approximate surface area is 170 Å². The fourth-order valence-corrected chi connectivity index (χ4v) is 4.22. The zero-order valence-corrected chi connectivity index (χ0v) is 18.1. The fraction of sp³-hybridized carbons (Fsp3) is 0.500. The molecule has 1 N–H and O–H groups in total. The minimum Gasteiger partial charge on any atom is -0.465 e. The first-order valence-corrected chi connectivity index (χ1v) is 11.6. The molecule has 10 heteroatoms. The molecule has 0 bridgehead atoms. The van der Waals surface area contributed by atoms with Crippen LogP contribution >= 0.6 is 11.8 Å². The Morgan fingerprint density at radius 3 is 2.50 bits per heavy atom. The number of hydrogen-bond acceptors (Lipinski definition) is 7. The van der Waals surface area contributed by atoms with Crippen LogP contribution in [0.25, 0.3) is 0 Å². The van der Waals surface area contributed by atoms with E-state index in [-0.39, 0.29) is 11.4 Å². The second kappa shape index (κ2) is 10.0. The molecule has 0 fully saturated rings. The monoisotopic (exact) mass is 426 g/mol. The normalized spacial score (nSPS) is 11.8. The highest BCUT2D eigenvalue weighted by atomic mass is 32.2. The summed E-state index contributed by atoms with van der Waals surface area (Å²) in [6.07, 6.45) is 3.19. The smallest absolute Gasteiger partial charge is 0.337 e. The molecule has 0 atom stereocenters. The van der Waals surface area contributed by atoms with Crippen molar-refractivity contribution >= 4 is 27.8 Å². The molecule has 2 rings (SSSR count). The van der Waals surface area contributed by atoms with Crippen LogP contribution in [0.2, 0.25) is 0 Å². The molecule has 0 saturated heterocycles. The number of esters is 1. The molecular weight excluding hydrogens is 400 g/mol. The van der Waals surface area contributed by atoms with Crippen molar-refractivity contribution in [2.75, 3.05) is 19.9 Å². The van der Waals surface area contributed by atoms with Crippen molar-refractivity contribution in [1.82, 2.24) is 19.5 Å². The van der Waals surface area contributed by atoms with Crippen LogP contribution in [0.5, 0.6) is 0 Å². The van der Waals surface area contributed by atoms with E-state index in [1.807, 2.05) is 6.26 Å². The lowest BCUT2D eigenvalue weighted by molar-refractivity contribution is 0.0600. The number of benzene rings is 1. The van der Waals surface area contributed by atoms with Crippen LogP contribution in [0.3, 0.4) is 0 Å². The molecule has 0 radical (unpaired) electrons. The molecule has 28 heavy (non-hydrogen) atoms. The van der Waals surface area contributed by atoms with E-state index in [2.05, 4.69) is 38.1 Å². The van der Waals surface area contributed by atoms with Crippen LogP contribution in [-0.2, 0) is 27.7 Å². The Bertz CT molecular complexity index is 893. The predicted octanol–water partition coefficient (Wildman–Crippen LogP) is 2.35. The van der Waals surface area contributed by atoms with E-state index in [0.717, 1.165) is 17.5 Å². The Kier molecular flexibility index (Phi) is 8.02. The largest absolute Gasteiger partial charge is 0.465 e. The second-order valence-corrected chi connectivity index (χ2v) is 9.17. The summed E-state index contributed by atoms with van der Waals surface area (Å²) in [6.45, 7) is 5.38. The number of aryl methyl sites for hydroxylation is 1. The first kappa shape index (κ1) is 22.4. The summed E-state index contributed by atoms with van der Waals surface area (Å²) in [5.74, 6) is 0.818. The number of sulfonamides is 1. The third-order valence-corrected chi connectivity index (χ3v) is 6.12. The second-order valence-electron chi connectivity index (χ2n) is 6.62. The van der Waals surface area contributed by atoms with Gasteiger partial charge in [-0.05, 0) is 42.9 Å². The zero-order valence-electron chi connectivity index (χ0n) is 16.5. The number of nitrogens with zero attached hydrogens (tertiary/aromatic N) is 3. The van der Waals surface area contributed by atoms with Crippen molar-refractivity contribution in [2.45, 2.75) is 43.3 Å². The third kappa shape index (κ3) is 5.79. The Morgan fingerprint density at radius 1 is 1.25 bits per heavy atom. The number of ether oxygens (including phenoxy) is 1. The van der Waals surface area contributed by atoms with E-state index >= 15 is 0 Å². The molecule has 0 aliphatic carbocycles. The standard InChI is InChI=1S/C18H26N4O4S2/c1-13(2)12-22-16(20-21-18(22)27-4)6-5-11-19-28(24,25)15-9-7-14(8-10-15)17(23)26-3/h7-10,13,19H,5-6,11-12H2,1-4H3. The molecular formula is C18H26N4O4S2. The molecule has 0 saturated carbocycles. The molecule has 154 valence electrons. The Morgan fingerprint density at radius 2 is 1.93 bits per heavy atom. The van der Waals surface area contributed by atoms with E-state index in [9.17, 15) is 13.2 Å². The van der Waals surface area contributed by atoms with Crippen molar-refractivity contribution in [3.05, 3.63) is 35.7 Å². The quantitative estimate of drug-likeness (QED) is 0.353. The van der Waals surface area contributed by atoms with Crippen LogP contribution in [0.15, 0.2) is 34.3 Å². The first-order chi connectivity index (χ1) is 13.3. The van der Waals surface area contributed by atoms with Gasteiger partial charge >= 0.3 is 5.97 Å². The molecule has 1 aromatic carbocycles. The molecule has 1 aromatic heterocycles. The average Bonchev–Trinajstić information content (AvgIpc) is 3.05. The molecule has 0 amide bonds. The maximum atomic E-state index is 12.4. The van der Waals surface area contributed by atoms with Crippen LogP contribution in [-0.4, -0.2) is 49.1 Å². The summed E-state index contributed by atoms with van der Waals surface area (Å²) in [5.41, 5.74) is 0.301. The highest BCUT2D eigenvalue weighted by Crippen LogP contribution is 2.17. The molecule has 0 unspecified atom stereocenters. The van der Waals surface area contributed by atoms with Crippen LogP contribution in [0.4, 0.5) is 0 Å². The van der Waals surface area contributed by atoms with Crippen molar-refractivity contribution in [3.63, 3.8) is 0 Å². The summed E-state index contributed by atoms with van der Waals surface area (Å²) >= 11 is 1.55. The molecule has 0 aliphatic rings. The van der Waals surface area contributed by atoms with Gasteiger partial charge in [0.05, 0.1) is 17.6 Å². The number of hydrogen-bond donors (Lipinski definition) is 1. The number of carbonyl (C=O) groups excluding carboxylic acids is 1. The Hall–Kier alpha value is -1.91. The van der Waals surface area contributed by atoms with Crippen LogP contribution in [0.1, 0.15) is 36.5 Å². The highest BCUT2D eigenvalue weighted by Gasteiger charge is 2.16. The minimum atomic E-state index is -3.64. The third-order valence-electron chi connectivity index (χ3n) is 3.98. The molecule has 0 aliphatic heterocycles. The average molecular weight is 427 g/mol. The highest BCUT2D eigenvalue weighted by molar-refractivity contribution is 7.98. The molecule has 8 nitrogen and oxygen atoms in total. The number of rotatable bonds is 10. The van der Waals surface area contributed by atoms with Gasteiger partial charge in [-0.25, -0.2) is 17.9 Å². The van der Waals surface area contributed by atoms with E-state index in [1.54, 1.807) is 11.8 Å². The number of thioether (sulfide) groups is 1. The van der Waals surface area contributed by atoms with E-state index in [1.165, 1.54) is 31.4 Å². The maximum Gasteiger partial charge on any atom is 0.337 e. The van der Waals surface area contributed by atoms with E-state index in [4.69, 9.17) is 0 Å². The van der Waals surface area contributed by atoms with Crippen LogP contribution in [0, 0.1) is 5.92 Å². The van der Waals surface area contributed by atoms with E-state index < -0.39 is 16.0 Å². The van der Waals surface area contributed by atoms with Gasteiger partial charge in [0.2, 0.25) is 10.0 Å². The predicted molar refractivity (Wildman–Crippen MR) is 108 cm³/mol. The maximum absolute atomic E-state index is 12.4. The van der Waals surface area contributed by atoms with Crippen molar-refractivity contribution < 1.29 is 17.9 Å². The van der Waals surface area contributed by atoms with Crippen LogP contribution < -0.4 is 4.72 Å². The summed E-state index contributed by atoms with van der Waals surface area (Å²) in [7, 11) is -2.37. The summed E-state index contributed by atoms with van der Waals surface area (Å²) < 4.78 is 34.1. The van der Waals surface area contributed by atoms with E-state index in [0.29, 0.717) is 24.3 Å². The van der Waals surface area contributed by atoms with Crippen molar-refractivity contribution in [2.24, 2.45) is 5.92 Å². The lowest BCUT2D eigenvalue weighted by Crippen LogP contribution is -2.25. The molecule has 0 spiro atoms. The van der Waals surface area contributed by atoms with Gasteiger partial charge in [-0.15, -0.1) is 10.2 Å². The number of aromatic nitrogens is 3. The van der Waals surface area contributed by atoms with Gasteiger partial charge in [0.15, 0.2) is 5.16 Å². The first-order valence-electron chi connectivity index (χ1n) is 8.92. The Balaban J connectivity index is 1.94. The summed E-state index contributed by atoms with van der Waals surface area (Å²) in [4.78, 5) is 11.5. The molecule has 1 heterocycles. The van der Waals surface area contributed by atoms with Crippen molar-refractivity contribution in [3.8, 4) is 0 Å². The lowest BCUT2D eigenvalue weighted by atomic mass is 10.2. The number of nitrogens with one attached hydrogen (secondary N) is 1. The lowest BCUT2D eigenvalue weighted by Gasteiger charge is -2.12. The van der Waals surface area contributed by atoms with Gasteiger partial charge in [-0.1, -0.05) is 25.6 Å². The number of carbonyl (C=O) groups is 1. The summed E-state index contributed by atoms with van der Waals surface area (Å²) in [5, 5.41) is 9.30. The van der Waals surface area contributed by atoms with Gasteiger partial charge in [-0.2, -0.15) is 0 Å². The molecule has 2 aromatic rings. The SMILES string of the molecule is COC(=O)c1ccc(S(=O)(=O)NCCCc2nnc(SC)n2CC(C)C)cc1. The number of methoxy groups -OCH3 is 1. The fourth-order valence-electron chi connectivity index (χ4n) is 2.63. The minimum absolute atomic E-state index is 0.104.